The smallest absolute Gasteiger partial charge is 0.253 e. The summed E-state index contributed by atoms with van der Waals surface area (Å²) in [5, 5.41) is 3.26. The van der Waals surface area contributed by atoms with E-state index in [0.29, 0.717) is 19.1 Å². The van der Waals surface area contributed by atoms with E-state index in [1.165, 1.54) is 51.7 Å². The summed E-state index contributed by atoms with van der Waals surface area (Å²) < 4.78 is 5.63. The minimum Gasteiger partial charge on any atom is -0.366 e. The van der Waals surface area contributed by atoms with Gasteiger partial charge in [0.1, 0.15) is 6.10 Å². The van der Waals surface area contributed by atoms with Crippen LogP contribution in [0.5, 0.6) is 0 Å². The molecule has 1 amide bonds. The maximum Gasteiger partial charge on any atom is 0.253 e. The Morgan fingerprint density at radius 1 is 1.09 bits per heavy atom. The highest BCUT2D eigenvalue weighted by molar-refractivity contribution is 5.81. The van der Waals surface area contributed by atoms with E-state index in [0.717, 1.165) is 26.1 Å². The Balaban J connectivity index is 1.48. The van der Waals surface area contributed by atoms with Crippen LogP contribution in [-0.2, 0) is 9.53 Å². The fraction of sp³-hybridized carbons (Fsp3) is 0.941. The third-order valence-electron chi connectivity index (χ3n) is 5.25. The molecule has 0 spiro atoms. The van der Waals surface area contributed by atoms with Gasteiger partial charge >= 0.3 is 0 Å². The molecule has 5 heteroatoms. The Labute approximate surface area is 134 Å². The first kappa shape index (κ1) is 16.2. The van der Waals surface area contributed by atoms with E-state index in [4.69, 9.17) is 4.74 Å². The molecule has 2 unspecified atom stereocenters. The summed E-state index contributed by atoms with van der Waals surface area (Å²) in [6.07, 6.45) is 7.61. The van der Waals surface area contributed by atoms with E-state index in [9.17, 15) is 4.79 Å². The van der Waals surface area contributed by atoms with Crippen molar-refractivity contribution in [3.63, 3.8) is 0 Å². The van der Waals surface area contributed by atoms with Gasteiger partial charge < -0.3 is 19.9 Å². The van der Waals surface area contributed by atoms with Crippen molar-refractivity contribution in [2.45, 2.75) is 44.6 Å². The van der Waals surface area contributed by atoms with Gasteiger partial charge in [0.25, 0.3) is 5.91 Å². The highest BCUT2D eigenvalue weighted by atomic mass is 16.5. The number of likely N-dealkylation sites (tertiary alicyclic amines) is 2. The molecule has 3 aliphatic heterocycles. The first-order chi connectivity index (χ1) is 10.8. The summed E-state index contributed by atoms with van der Waals surface area (Å²) in [6.45, 7) is 7.70. The van der Waals surface area contributed by atoms with Gasteiger partial charge in [0.2, 0.25) is 0 Å². The third-order valence-corrected chi connectivity index (χ3v) is 5.25. The minimum absolute atomic E-state index is 0.202. The largest absolute Gasteiger partial charge is 0.366 e. The molecule has 0 bridgehead atoms. The summed E-state index contributed by atoms with van der Waals surface area (Å²) in [5.74, 6) is 0.847. The Morgan fingerprint density at radius 2 is 1.91 bits per heavy atom. The van der Waals surface area contributed by atoms with Crippen molar-refractivity contribution >= 4 is 5.91 Å². The van der Waals surface area contributed by atoms with E-state index in [1.807, 2.05) is 0 Å². The van der Waals surface area contributed by atoms with Crippen molar-refractivity contribution in [3.8, 4) is 0 Å². The summed E-state index contributed by atoms with van der Waals surface area (Å²) in [7, 11) is 0. The van der Waals surface area contributed by atoms with Crippen LogP contribution in [0.25, 0.3) is 0 Å². The SMILES string of the molecule is O=C(C1CNCCO1)N1CCCC(CN2CCCCCC2)C1. The van der Waals surface area contributed by atoms with Gasteiger partial charge in [-0.2, -0.15) is 0 Å². The van der Waals surface area contributed by atoms with Crippen LogP contribution in [0.1, 0.15) is 38.5 Å². The molecule has 0 radical (unpaired) electrons. The Hall–Kier alpha value is -0.650. The second-order valence-corrected chi connectivity index (χ2v) is 7.07. The quantitative estimate of drug-likeness (QED) is 0.848. The number of amides is 1. The topological polar surface area (TPSA) is 44.8 Å². The van der Waals surface area contributed by atoms with Gasteiger partial charge in [0.15, 0.2) is 0 Å². The first-order valence-electron chi connectivity index (χ1n) is 9.16. The number of carbonyl (C=O) groups excluding carboxylic acids is 1. The number of carbonyl (C=O) groups is 1. The van der Waals surface area contributed by atoms with E-state index in [1.54, 1.807) is 0 Å². The van der Waals surface area contributed by atoms with E-state index >= 15 is 0 Å². The number of morpholine rings is 1. The molecule has 0 saturated carbocycles. The lowest BCUT2D eigenvalue weighted by Gasteiger charge is -2.37. The van der Waals surface area contributed by atoms with Crippen LogP contribution in [0.3, 0.4) is 0 Å². The predicted octanol–water partition coefficient (Wildman–Crippen LogP) is 1.09. The van der Waals surface area contributed by atoms with Gasteiger partial charge in [-0.3, -0.25) is 4.79 Å². The van der Waals surface area contributed by atoms with Gasteiger partial charge in [-0.05, 0) is 44.7 Å². The van der Waals surface area contributed by atoms with Gasteiger partial charge in [-0.15, -0.1) is 0 Å². The zero-order chi connectivity index (χ0) is 15.2. The highest BCUT2D eigenvalue weighted by Gasteiger charge is 2.31. The molecule has 0 aliphatic carbocycles. The van der Waals surface area contributed by atoms with Crippen LogP contribution >= 0.6 is 0 Å². The van der Waals surface area contributed by atoms with Gasteiger partial charge in [0, 0.05) is 32.7 Å². The lowest BCUT2D eigenvalue weighted by Crippen LogP contribution is -2.52. The van der Waals surface area contributed by atoms with Crippen molar-refractivity contribution in [3.05, 3.63) is 0 Å². The fourth-order valence-electron chi connectivity index (χ4n) is 4.03. The number of piperidine rings is 1. The number of hydrogen-bond donors (Lipinski definition) is 1. The number of nitrogens with zero attached hydrogens (tertiary/aromatic N) is 2. The zero-order valence-electron chi connectivity index (χ0n) is 13.8. The molecule has 3 fully saturated rings. The van der Waals surface area contributed by atoms with Gasteiger partial charge in [-0.25, -0.2) is 0 Å². The third kappa shape index (κ3) is 4.43. The van der Waals surface area contributed by atoms with E-state index < -0.39 is 0 Å². The summed E-state index contributed by atoms with van der Waals surface area (Å²) in [6, 6.07) is 0. The number of ether oxygens (including phenoxy) is 1. The highest BCUT2D eigenvalue weighted by Crippen LogP contribution is 2.21. The maximum atomic E-state index is 12.6. The Bertz CT molecular complexity index is 350. The first-order valence-corrected chi connectivity index (χ1v) is 9.16. The normalized spacial score (nSPS) is 31.7. The molecule has 3 aliphatic rings. The molecular formula is C17H31N3O2. The predicted molar refractivity (Wildman–Crippen MR) is 86.8 cm³/mol. The van der Waals surface area contributed by atoms with Crippen LogP contribution in [0.2, 0.25) is 0 Å². The monoisotopic (exact) mass is 309 g/mol. The fourth-order valence-corrected chi connectivity index (χ4v) is 4.03. The summed E-state index contributed by atoms with van der Waals surface area (Å²) >= 11 is 0. The van der Waals surface area contributed by atoms with Crippen LogP contribution in [-0.4, -0.2) is 74.2 Å². The van der Waals surface area contributed by atoms with Crippen LogP contribution in [0, 0.1) is 5.92 Å². The average Bonchev–Trinajstić information content (AvgIpc) is 2.84. The van der Waals surface area contributed by atoms with Gasteiger partial charge in [0.05, 0.1) is 6.61 Å². The zero-order valence-corrected chi connectivity index (χ0v) is 13.8. The van der Waals surface area contributed by atoms with Crippen LogP contribution in [0.15, 0.2) is 0 Å². The molecule has 3 rings (SSSR count). The van der Waals surface area contributed by atoms with E-state index in [2.05, 4.69) is 15.1 Å². The second kappa shape index (κ2) is 8.27. The van der Waals surface area contributed by atoms with Crippen LogP contribution in [0.4, 0.5) is 0 Å². The molecule has 22 heavy (non-hydrogen) atoms. The lowest BCUT2D eigenvalue weighted by molar-refractivity contribution is -0.147. The van der Waals surface area contributed by atoms with E-state index in [-0.39, 0.29) is 12.0 Å². The molecule has 1 N–H and O–H groups in total. The molecule has 126 valence electrons. The van der Waals surface area contributed by atoms with Crippen molar-refractivity contribution in [2.75, 3.05) is 52.4 Å². The Morgan fingerprint density at radius 3 is 2.64 bits per heavy atom. The summed E-state index contributed by atoms with van der Waals surface area (Å²) in [5.41, 5.74) is 0. The molecule has 3 heterocycles. The van der Waals surface area contributed by atoms with Crippen molar-refractivity contribution in [1.29, 1.82) is 0 Å². The maximum absolute atomic E-state index is 12.6. The number of rotatable bonds is 3. The molecular weight excluding hydrogens is 278 g/mol. The molecule has 2 atom stereocenters. The van der Waals surface area contributed by atoms with Crippen molar-refractivity contribution < 1.29 is 9.53 Å². The molecule has 5 nitrogen and oxygen atoms in total. The molecule has 0 aromatic rings. The minimum atomic E-state index is -0.259. The summed E-state index contributed by atoms with van der Waals surface area (Å²) in [4.78, 5) is 17.3. The average molecular weight is 309 g/mol. The number of hydrogen-bond acceptors (Lipinski definition) is 4. The van der Waals surface area contributed by atoms with Crippen molar-refractivity contribution in [1.82, 2.24) is 15.1 Å². The molecule has 0 aromatic carbocycles. The van der Waals surface area contributed by atoms with Gasteiger partial charge in [-0.1, -0.05) is 12.8 Å². The Kier molecular flexibility index (Phi) is 6.10. The van der Waals surface area contributed by atoms with Crippen LogP contribution < -0.4 is 5.32 Å². The lowest BCUT2D eigenvalue weighted by atomic mass is 9.96. The molecule has 3 saturated heterocycles. The standard InChI is InChI=1S/C17H31N3O2/c21-17(16-12-18-7-11-22-16)20-10-5-6-15(14-20)13-19-8-3-1-2-4-9-19/h15-16,18H,1-14H2. The van der Waals surface area contributed by atoms with Crippen molar-refractivity contribution in [2.24, 2.45) is 5.92 Å². The number of nitrogens with one attached hydrogen (secondary N) is 1. The second-order valence-electron chi connectivity index (χ2n) is 7.07. The molecule has 0 aromatic heterocycles.